The second kappa shape index (κ2) is 9.53. The minimum Gasteiger partial charge on any atom is -0.389 e. The maximum absolute atomic E-state index is 14.6. The van der Waals surface area contributed by atoms with Gasteiger partial charge in [0.15, 0.2) is 0 Å². The molecule has 0 spiro atoms. The molecule has 1 saturated carbocycles. The molecule has 1 aliphatic carbocycles. The van der Waals surface area contributed by atoms with E-state index in [2.05, 4.69) is 4.98 Å². The molecule has 1 saturated heterocycles. The van der Waals surface area contributed by atoms with Gasteiger partial charge < -0.3 is 14.9 Å². The molecule has 1 amide bonds. The van der Waals surface area contributed by atoms with E-state index < -0.39 is 5.60 Å². The smallest absolute Gasteiger partial charge is 0.225 e. The zero-order valence-corrected chi connectivity index (χ0v) is 19.1. The summed E-state index contributed by atoms with van der Waals surface area (Å²) in [6, 6.07) is 6.71. The van der Waals surface area contributed by atoms with E-state index in [1.165, 1.54) is 6.07 Å². The maximum atomic E-state index is 14.6. The van der Waals surface area contributed by atoms with Gasteiger partial charge in [0.2, 0.25) is 11.9 Å². The van der Waals surface area contributed by atoms with Crippen LogP contribution in [0.2, 0.25) is 0 Å². The van der Waals surface area contributed by atoms with Crippen LogP contribution in [0.15, 0.2) is 30.5 Å². The van der Waals surface area contributed by atoms with Crippen molar-refractivity contribution in [2.45, 2.75) is 62.9 Å². The van der Waals surface area contributed by atoms with E-state index in [1.807, 2.05) is 30.0 Å². The van der Waals surface area contributed by atoms with Gasteiger partial charge in [-0.1, -0.05) is 37.5 Å². The Kier molecular flexibility index (Phi) is 6.74. The lowest BCUT2D eigenvalue weighted by molar-refractivity contribution is -0.138. The number of amides is 1. The number of piperidine rings is 1. The first-order chi connectivity index (χ1) is 15.4. The molecule has 1 aromatic carbocycles. The minimum absolute atomic E-state index is 0.0406. The van der Waals surface area contributed by atoms with Crippen LogP contribution < -0.4 is 4.90 Å². The fourth-order valence-electron chi connectivity index (χ4n) is 4.98. The Morgan fingerprint density at radius 2 is 1.84 bits per heavy atom. The topological polar surface area (TPSA) is 69.6 Å². The monoisotopic (exact) mass is 440 g/mol. The molecule has 1 aliphatic heterocycles. The summed E-state index contributed by atoms with van der Waals surface area (Å²) in [6.45, 7) is 1.25. The summed E-state index contributed by atoms with van der Waals surface area (Å²) < 4.78 is 14.6. The van der Waals surface area contributed by atoms with Crippen molar-refractivity contribution < 1.29 is 14.3 Å². The van der Waals surface area contributed by atoms with Crippen molar-refractivity contribution in [3.63, 3.8) is 0 Å². The lowest BCUT2D eigenvalue weighted by atomic mass is 9.82. The van der Waals surface area contributed by atoms with Crippen LogP contribution in [0.4, 0.5) is 10.3 Å². The predicted molar refractivity (Wildman–Crippen MR) is 123 cm³/mol. The average molecular weight is 441 g/mol. The van der Waals surface area contributed by atoms with E-state index >= 15 is 0 Å². The van der Waals surface area contributed by atoms with E-state index in [1.54, 1.807) is 18.3 Å². The molecule has 6 nitrogen and oxygen atoms in total. The fraction of sp³-hybridized carbons (Fsp3) is 0.560. The number of hydrogen-bond acceptors (Lipinski definition) is 5. The molecule has 172 valence electrons. The SMILES string of the molecule is CN(C)c1ncc(-c2ccccc2F)c(C2CCN(C(=O)CC3(O)CCCCC3)CC2)n1. The van der Waals surface area contributed by atoms with Gasteiger partial charge in [-0.2, -0.15) is 0 Å². The van der Waals surface area contributed by atoms with Crippen LogP contribution in [-0.2, 0) is 4.79 Å². The molecule has 0 bridgehead atoms. The number of halogens is 1. The van der Waals surface area contributed by atoms with Crippen LogP contribution in [-0.4, -0.2) is 58.7 Å². The highest BCUT2D eigenvalue weighted by atomic mass is 19.1. The molecule has 2 fully saturated rings. The van der Waals surface area contributed by atoms with Gasteiger partial charge in [0, 0.05) is 50.4 Å². The highest BCUT2D eigenvalue weighted by Gasteiger charge is 2.35. The fourth-order valence-corrected chi connectivity index (χ4v) is 4.98. The molecular formula is C25H33FN4O2. The number of aromatic nitrogens is 2. The first kappa shape index (κ1) is 22.6. The Balaban J connectivity index is 1.50. The molecule has 2 aromatic rings. The van der Waals surface area contributed by atoms with Crippen molar-refractivity contribution in [3.8, 4) is 11.1 Å². The Morgan fingerprint density at radius 1 is 1.16 bits per heavy atom. The van der Waals surface area contributed by atoms with Crippen molar-refractivity contribution in [2.24, 2.45) is 0 Å². The van der Waals surface area contributed by atoms with Gasteiger partial charge >= 0.3 is 0 Å². The summed E-state index contributed by atoms with van der Waals surface area (Å²) in [4.78, 5) is 25.8. The summed E-state index contributed by atoms with van der Waals surface area (Å²) in [5, 5.41) is 10.8. The lowest BCUT2D eigenvalue weighted by Gasteiger charge is -2.36. The second-order valence-electron chi connectivity index (χ2n) is 9.46. The zero-order chi connectivity index (χ0) is 22.7. The van der Waals surface area contributed by atoms with Crippen LogP contribution >= 0.6 is 0 Å². The third-order valence-electron chi connectivity index (χ3n) is 6.87. The van der Waals surface area contributed by atoms with Crippen molar-refractivity contribution in [1.82, 2.24) is 14.9 Å². The van der Waals surface area contributed by atoms with Gasteiger partial charge in [0.05, 0.1) is 17.7 Å². The Hall–Kier alpha value is -2.54. The third kappa shape index (κ3) is 4.93. The van der Waals surface area contributed by atoms with E-state index in [0.29, 0.717) is 24.6 Å². The normalized spacial score (nSPS) is 19.1. The number of rotatable bonds is 5. The summed E-state index contributed by atoms with van der Waals surface area (Å²) in [5.41, 5.74) is 1.23. The standard InChI is InChI=1S/C25H33FN4O2/c1-29(2)24-27-17-20(19-8-4-5-9-21(19)26)23(28-24)18-10-14-30(15-11-18)22(31)16-25(32)12-6-3-7-13-25/h4-5,8-9,17-18,32H,3,6-7,10-16H2,1-2H3. The predicted octanol–water partition coefficient (Wildman–Crippen LogP) is 4.14. The molecule has 1 N–H and O–H groups in total. The third-order valence-corrected chi connectivity index (χ3v) is 6.87. The number of benzene rings is 1. The van der Waals surface area contributed by atoms with Crippen molar-refractivity contribution in [1.29, 1.82) is 0 Å². The molecule has 0 atom stereocenters. The average Bonchev–Trinajstić information content (AvgIpc) is 2.79. The van der Waals surface area contributed by atoms with Gasteiger partial charge in [0.1, 0.15) is 5.82 Å². The molecule has 7 heteroatoms. The van der Waals surface area contributed by atoms with Gasteiger partial charge in [0.25, 0.3) is 0 Å². The number of carbonyl (C=O) groups excluding carboxylic acids is 1. The summed E-state index contributed by atoms with van der Waals surface area (Å²) >= 11 is 0. The van der Waals surface area contributed by atoms with E-state index in [0.717, 1.165) is 56.2 Å². The molecule has 4 rings (SSSR count). The summed E-state index contributed by atoms with van der Waals surface area (Å²) in [5.74, 6) is 0.466. The molecule has 0 unspecified atom stereocenters. The van der Waals surface area contributed by atoms with Gasteiger partial charge in [-0.15, -0.1) is 0 Å². The molecule has 1 aromatic heterocycles. The van der Waals surface area contributed by atoms with E-state index in [-0.39, 0.29) is 24.1 Å². The molecule has 0 radical (unpaired) electrons. The van der Waals surface area contributed by atoms with Crippen LogP contribution in [0.5, 0.6) is 0 Å². The Labute approximate surface area is 189 Å². The number of nitrogens with zero attached hydrogens (tertiary/aromatic N) is 4. The van der Waals surface area contributed by atoms with Crippen LogP contribution in [0.25, 0.3) is 11.1 Å². The Bertz CT molecular complexity index is 951. The minimum atomic E-state index is -0.836. The first-order valence-corrected chi connectivity index (χ1v) is 11.7. The highest BCUT2D eigenvalue weighted by molar-refractivity contribution is 5.77. The molecule has 2 heterocycles. The van der Waals surface area contributed by atoms with Crippen LogP contribution in [0, 0.1) is 5.82 Å². The van der Waals surface area contributed by atoms with Crippen molar-refractivity contribution in [2.75, 3.05) is 32.1 Å². The number of anilines is 1. The van der Waals surface area contributed by atoms with Gasteiger partial charge in [-0.25, -0.2) is 14.4 Å². The van der Waals surface area contributed by atoms with Crippen LogP contribution in [0.3, 0.4) is 0 Å². The first-order valence-electron chi connectivity index (χ1n) is 11.7. The number of hydrogen-bond donors (Lipinski definition) is 1. The quantitative estimate of drug-likeness (QED) is 0.757. The maximum Gasteiger partial charge on any atom is 0.225 e. The largest absolute Gasteiger partial charge is 0.389 e. The number of carbonyl (C=O) groups is 1. The summed E-state index contributed by atoms with van der Waals surface area (Å²) in [6.07, 6.45) is 8.01. The van der Waals surface area contributed by atoms with Crippen LogP contribution in [0.1, 0.15) is 63.0 Å². The molecular weight excluding hydrogens is 407 g/mol. The van der Waals surface area contributed by atoms with Gasteiger partial charge in [-0.3, -0.25) is 4.79 Å². The molecule has 32 heavy (non-hydrogen) atoms. The van der Waals surface area contributed by atoms with Crippen molar-refractivity contribution in [3.05, 3.63) is 42.0 Å². The van der Waals surface area contributed by atoms with Crippen molar-refractivity contribution >= 4 is 11.9 Å². The lowest BCUT2D eigenvalue weighted by Crippen LogP contribution is -2.43. The number of likely N-dealkylation sites (tertiary alicyclic amines) is 1. The van der Waals surface area contributed by atoms with Gasteiger partial charge in [-0.05, 0) is 31.7 Å². The number of aliphatic hydroxyl groups is 1. The van der Waals surface area contributed by atoms with E-state index in [4.69, 9.17) is 4.98 Å². The second-order valence-corrected chi connectivity index (χ2v) is 9.46. The summed E-state index contributed by atoms with van der Waals surface area (Å²) in [7, 11) is 3.78. The Morgan fingerprint density at radius 3 is 2.50 bits per heavy atom. The zero-order valence-electron chi connectivity index (χ0n) is 19.1. The molecule has 2 aliphatic rings. The van der Waals surface area contributed by atoms with E-state index in [9.17, 15) is 14.3 Å². The highest BCUT2D eigenvalue weighted by Crippen LogP contribution is 2.37.